The molecule has 0 rings (SSSR count). The van der Waals surface area contributed by atoms with E-state index in [-0.39, 0.29) is 23.1 Å². The van der Waals surface area contributed by atoms with E-state index in [9.17, 15) is 0 Å². The second-order valence-electron chi connectivity index (χ2n) is 1.09. The summed E-state index contributed by atoms with van der Waals surface area (Å²) < 4.78 is 0. The van der Waals surface area contributed by atoms with Crippen molar-refractivity contribution in [3.05, 3.63) is 12.2 Å². The van der Waals surface area contributed by atoms with Gasteiger partial charge in [-0.2, -0.15) is 0 Å². The van der Waals surface area contributed by atoms with Crippen LogP contribution in [0.3, 0.4) is 0 Å². The molecule has 30 valence electrons. The van der Waals surface area contributed by atoms with Crippen LogP contribution in [-0.2, 0) is 0 Å². The van der Waals surface area contributed by atoms with Gasteiger partial charge in [-0.25, -0.2) is 0 Å². The molecule has 0 saturated carbocycles. The summed E-state index contributed by atoms with van der Waals surface area (Å²) in [7, 11) is 0. The average molecular weight is 115 g/mol. The third kappa shape index (κ3) is 8.84. The van der Waals surface area contributed by atoms with E-state index in [0.717, 1.165) is 5.57 Å². The molecular weight excluding hydrogens is 108 g/mol. The number of alkyl halides is 1. The van der Waals surface area contributed by atoms with E-state index in [4.69, 9.17) is 11.6 Å². The molecule has 0 fully saturated rings. The monoisotopic (exact) mass is 114 g/mol. The van der Waals surface area contributed by atoms with Crippen LogP contribution in [0, 0.1) is 0 Å². The molecule has 0 aliphatic heterocycles. The summed E-state index contributed by atoms with van der Waals surface area (Å²) in [5.41, 5.74) is 1.02. The van der Waals surface area contributed by atoms with Crippen molar-refractivity contribution in [2.45, 2.75) is 6.92 Å². The van der Waals surface area contributed by atoms with Crippen molar-refractivity contribution in [1.82, 2.24) is 0 Å². The van der Waals surface area contributed by atoms with Gasteiger partial charge in [0, 0.05) is 5.88 Å². The topological polar surface area (TPSA) is 0 Å². The molecule has 2 heteroatoms. The first-order valence-electron chi connectivity index (χ1n) is 1.47. The average Bonchev–Trinajstić information content (AvgIpc) is 1.38. The molecular formula is C4H7ClMg+2. The van der Waals surface area contributed by atoms with Crippen LogP contribution in [0.15, 0.2) is 12.2 Å². The summed E-state index contributed by atoms with van der Waals surface area (Å²) in [6.45, 7) is 5.44. The van der Waals surface area contributed by atoms with Crippen LogP contribution in [0.4, 0.5) is 0 Å². The molecule has 0 spiro atoms. The number of allylic oxidation sites excluding steroid dienone is 1. The summed E-state index contributed by atoms with van der Waals surface area (Å²) in [5.74, 6) is 0.583. The molecule has 0 N–H and O–H groups in total. The maximum atomic E-state index is 5.24. The number of hydrogen-bond donors (Lipinski definition) is 0. The molecule has 0 saturated heterocycles. The summed E-state index contributed by atoms with van der Waals surface area (Å²) >= 11 is 5.24. The van der Waals surface area contributed by atoms with E-state index in [0.29, 0.717) is 5.88 Å². The normalized spacial score (nSPS) is 6.33. The molecule has 0 heterocycles. The first-order valence-corrected chi connectivity index (χ1v) is 2.01. The Kier molecular flexibility index (Phi) is 9.59. The van der Waals surface area contributed by atoms with Gasteiger partial charge in [0.2, 0.25) is 0 Å². The molecule has 0 unspecified atom stereocenters. The summed E-state index contributed by atoms with van der Waals surface area (Å²) in [4.78, 5) is 0. The van der Waals surface area contributed by atoms with Gasteiger partial charge in [0.05, 0.1) is 0 Å². The van der Waals surface area contributed by atoms with Gasteiger partial charge >= 0.3 is 23.1 Å². The van der Waals surface area contributed by atoms with Crippen molar-refractivity contribution in [1.29, 1.82) is 0 Å². The fourth-order valence-electron chi connectivity index (χ4n) is 0. The van der Waals surface area contributed by atoms with Gasteiger partial charge in [0.1, 0.15) is 0 Å². The fourth-order valence-corrected chi connectivity index (χ4v) is 0. The Labute approximate surface area is 59.7 Å². The Morgan fingerprint density at radius 3 is 2.00 bits per heavy atom. The molecule has 0 aliphatic rings. The van der Waals surface area contributed by atoms with Crippen LogP contribution >= 0.6 is 11.6 Å². The summed E-state index contributed by atoms with van der Waals surface area (Å²) in [6.07, 6.45) is 0. The van der Waals surface area contributed by atoms with Crippen LogP contribution < -0.4 is 0 Å². The molecule has 0 bridgehead atoms. The SMILES string of the molecule is C=C(C)CCl.[Mg+2]. The number of halogens is 1. The zero-order valence-corrected chi connectivity index (χ0v) is 6.17. The molecule has 0 aromatic heterocycles. The Morgan fingerprint density at radius 2 is 2.00 bits per heavy atom. The third-order valence-corrected chi connectivity index (χ3v) is 0.684. The standard InChI is InChI=1S/C4H7Cl.Mg/c1-4(2)3-5;/h1,3H2,2H3;/q;+2. The van der Waals surface area contributed by atoms with E-state index in [1.807, 2.05) is 6.92 Å². The van der Waals surface area contributed by atoms with Crippen molar-refractivity contribution in [2.24, 2.45) is 0 Å². The minimum Gasteiger partial charge on any atom is -0.122 e. The Morgan fingerprint density at radius 1 is 1.83 bits per heavy atom. The van der Waals surface area contributed by atoms with E-state index in [2.05, 4.69) is 6.58 Å². The quantitative estimate of drug-likeness (QED) is 0.275. The first kappa shape index (κ1) is 9.93. The number of hydrogen-bond acceptors (Lipinski definition) is 0. The van der Waals surface area contributed by atoms with Crippen molar-refractivity contribution < 1.29 is 0 Å². The van der Waals surface area contributed by atoms with Gasteiger partial charge in [0.15, 0.2) is 0 Å². The molecule has 6 heavy (non-hydrogen) atoms. The van der Waals surface area contributed by atoms with Crippen molar-refractivity contribution in [3.8, 4) is 0 Å². The van der Waals surface area contributed by atoms with Crippen molar-refractivity contribution in [2.75, 3.05) is 5.88 Å². The van der Waals surface area contributed by atoms with Crippen LogP contribution in [0.2, 0.25) is 0 Å². The van der Waals surface area contributed by atoms with Crippen LogP contribution in [0.5, 0.6) is 0 Å². The summed E-state index contributed by atoms with van der Waals surface area (Å²) in [6, 6.07) is 0. The van der Waals surface area contributed by atoms with Crippen molar-refractivity contribution in [3.63, 3.8) is 0 Å². The summed E-state index contributed by atoms with van der Waals surface area (Å²) in [5, 5.41) is 0. The van der Waals surface area contributed by atoms with Gasteiger partial charge in [0.25, 0.3) is 0 Å². The fraction of sp³-hybridized carbons (Fsp3) is 0.500. The molecule has 0 nitrogen and oxygen atoms in total. The van der Waals surface area contributed by atoms with Gasteiger partial charge in [-0.15, -0.1) is 11.6 Å². The maximum Gasteiger partial charge on any atom is 2.00 e. The van der Waals surface area contributed by atoms with E-state index < -0.39 is 0 Å². The van der Waals surface area contributed by atoms with Crippen LogP contribution in [-0.4, -0.2) is 28.9 Å². The molecule has 0 atom stereocenters. The molecule has 0 aliphatic carbocycles. The van der Waals surface area contributed by atoms with Gasteiger partial charge < -0.3 is 0 Å². The Balaban J connectivity index is 0. The minimum atomic E-state index is 0. The van der Waals surface area contributed by atoms with Gasteiger partial charge in [-0.1, -0.05) is 12.2 Å². The zero-order chi connectivity index (χ0) is 4.28. The second kappa shape index (κ2) is 5.80. The minimum absolute atomic E-state index is 0. The number of rotatable bonds is 1. The van der Waals surface area contributed by atoms with Gasteiger partial charge in [-0.05, 0) is 6.92 Å². The van der Waals surface area contributed by atoms with E-state index in [1.165, 1.54) is 0 Å². The smallest absolute Gasteiger partial charge is 0.122 e. The zero-order valence-electron chi connectivity index (χ0n) is 4.00. The van der Waals surface area contributed by atoms with E-state index in [1.54, 1.807) is 0 Å². The van der Waals surface area contributed by atoms with Crippen LogP contribution in [0.1, 0.15) is 6.92 Å². The molecule has 0 amide bonds. The molecule has 0 radical (unpaired) electrons. The predicted octanol–water partition coefficient (Wildman–Crippen LogP) is 1.42. The predicted molar refractivity (Wildman–Crippen MR) is 31.3 cm³/mol. The largest absolute Gasteiger partial charge is 2.00 e. The van der Waals surface area contributed by atoms with Gasteiger partial charge in [-0.3, -0.25) is 0 Å². The van der Waals surface area contributed by atoms with E-state index >= 15 is 0 Å². The Bertz CT molecular complexity index is 42.8. The third-order valence-electron chi connectivity index (χ3n) is 0.228. The molecule has 0 aromatic rings. The van der Waals surface area contributed by atoms with Crippen LogP contribution in [0.25, 0.3) is 0 Å². The molecule has 0 aromatic carbocycles. The first-order chi connectivity index (χ1) is 2.27. The second-order valence-corrected chi connectivity index (χ2v) is 1.36. The van der Waals surface area contributed by atoms with Crippen molar-refractivity contribution >= 4 is 34.7 Å². The maximum absolute atomic E-state index is 5.24. The Hall–Kier alpha value is 0.796.